The van der Waals surface area contributed by atoms with Crippen molar-refractivity contribution in [1.82, 2.24) is 9.80 Å². The van der Waals surface area contributed by atoms with Crippen molar-refractivity contribution in [2.45, 2.75) is 51.7 Å². The van der Waals surface area contributed by atoms with Crippen LogP contribution in [0.3, 0.4) is 0 Å². The summed E-state index contributed by atoms with van der Waals surface area (Å²) in [7, 11) is 0. The lowest BCUT2D eigenvalue weighted by Crippen LogP contribution is -2.47. The molecule has 6 heteroatoms. The van der Waals surface area contributed by atoms with Gasteiger partial charge in [0.05, 0.1) is 6.10 Å². The summed E-state index contributed by atoms with van der Waals surface area (Å²) in [6, 6.07) is 0. The Labute approximate surface area is 132 Å². The van der Waals surface area contributed by atoms with E-state index >= 15 is 0 Å². The Morgan fingerprint density at radius 1 is 1.14 bits per heavy atom. The normalized spacial score (nSPS) is 26.2. The molecule has 0 aliphatic carbocycles. The molecule has 6 nitrogen and oxygen atoms in total. The second-order valence-corrected chi connectivity index (χ2v) is 6.17. The van der Waals surface area contributed by atoms with Crippen molar-refractivity contribution < 1.29 is 14.3 Å². The van der Waals surface area contributed by atoms with Crippen molar-refractivity contribution >= 4 is 11.8 Å². The standard InChI is InChI=1S/C16H29N3O3/c1-3-18(4-2)15(20)12-7-9-19(10-8-12)16(21)14-6-5-13(11-17)22-14/h12-14H,3-11,17H2,1-2H3/t13-,14+/m1/s1. The summed E-state index contributed by atoms with van der Waals surface area (Å²) in [6.07, 6.45) is 2.84. The smallest absolute Gasteiger partial charge is 0.251 e. The zero-order chi connectivity index (χ0) is 16.1. The molecule has 2 fully saturated rings. The van der Waals surface area contributed by atoms with Gasteiger partial charge in [-0.2, -0.15) is 0 Å². The third kappa shape index (κ3) is 3.79. The Kier molecular flexibility index (Phi) is 6.20. The molecule has 2 aliphatic heterocycles. The van der Waals surface area contributed by atoms with Crippen LogP contribution in [0.5, 0.6) is 0 Å². The quantitative estimate of drug-likeness (QED) is 0.807. The topological polar surface area (TPSA) is 75.9 Å². The van der Waals surface area contributed by atoms with Crippen molar-refractivity contribution in [3.8, 4) is 0 Å². The molecule has 0 unspecified atom stereocenters. The maximum atomic E-state index is 12.4. The number of ether oxygens (including phenoxy) is 1. The Hall–Kier alpha value is -1.14. The van der Waals surface area contributed by atoms with E-state index in [0.29, 0.717) is 19.6 Å². The lowest BCUT2D eigenvalue weighted by Gasteiger charge is -2.34. The summed E-state index contributed by atoms with van der Waals surface area (Å²) < 4.78 is 5.68. The highest BCUT2D eigenvalue weighted by atomic mass is 16.5. The minimum absolute atomic E-state index is 0.0238. The summed E-state index contributed by atoms with van der Waals surface area (Å²) in [5, 5.41) is 0. The Bertz CT molecular complexity index is 390. The van der Waals surface area contributed by atoms with Crippen LogP contribution in [0.4, 0.5) is 0 Å². The van der Waals surface area contributed by atoms with E-state index in [1.54, 1.807) is 0 Å². The molecule has 2 heterocycles. The van der Waals surface area contributed by atoms with Gasteiger partial charge in [-0.05, 0) is 39.5 Å². The lowest BCUT2D eigenvalue weighted by atomic mass is 9.94. The molecule has 2 rings (SSSR count). The van der Waals surface area contributed by atoms with Gasteiger partial charge >= 0.3 is 0 Å². The van der Waals surface area contributed by atoms with Crippen molar-refractivity contribution in [2.75, 3.05) is 32.7 Å². The van der Waals surface area contributed by atoms with Gasteiger partial charge in [-0.15, -0.1) is 0 Å². The van der Waals surface area contributed by atoms with Crippen LogP contribution >= 0.6 is 0 Å². The fourth-order valence-corrected chi connectivity index (χ4v) is 3.40. The first-order valence-corrected chi connectivity index (χ1v) is 8.53. The molecule has 2 amide bonds. The van der Waals surface area contributed by atoms with Crippen LogP contribution in [0.25, 0.3) is 0 Å². The maximum Gasteiger partial charge on any atom is 0.251 e. The van der Waals surface area contributed by atoms with Crippen LogP contribution < -0.4 is 5.73 Å². The minimum atomic E-state index is -0.330. The van der Waals surface area contributed by atoms with E-state index in [1.807, 2.05) is 23.6 Å². The number of amides is 2. The summed E-state index contributed by atoms with van der Waals surface area (Å²) in [4.78, 5) is 28.5. The number of piperidine rings is 1. The van der Waals surface area contributed by atoms with E-state index < -0.39 is 0 Å². The zero-order valence-corrected chi connectivity index (χ0v) is 13.8. The van der Waals surface area contributed by atoms with E-state index in [4.69, 9.17) is 10.5 Å². The second kappa shape index (κ2) is 7.92. The van der Waals surface area contributed by atoms with Gasteiger partial charge in [-0.3, -0.25) is 9.59 Å². The molecule has 0 aromatic heterocycles. The predicted octanol–water partition coefficient (Wildman–Crippen LogP) is 0.600. The summed E-state index contributed by atoms with van der Waals surface area (Å²) in [5.41, 5.74) is 5.59. The first kappa shape index (κ1) is 17.2. The summed E-state index contributed by atoms with van der Waals surface area (Å²) in [5.74, 6) is 0.368. The molecule has 0 aromatic carbocycles. The molecule has 0 spiro atoms. The van der Waals surface area contributed by atoms with Crippen LogP contribution in [0.1, 0.15) is 39.5 Å². The number of hydrogen-bond donors (Lipinski definition) is 1. The number of carbonyl (C=O) groups excluding carboxylic acids is 2. The average Bonchev–Trinajstić information content (AvgIpc) is 3.04. The molecule has 2 N–H and O–H groups in total. The highest BCUT2D eigenvalue weighted by Crippen LogP contribution is 2.24. The molecule has 2 atom stereocenters. The molecule has 0 saturated carbocycles. The van der Waals surface area contributed by atoms with Gasteiger partial charge in [0.2, 0.25) is 5.91 Å². The second-order valence-electron chi connectivity index (χ2n) is 6.17. The van der Waals surface area contributed by atoms with Gasteiger partial charge in [-0.1, -0.05) is 0 Å². The molecular weight excluding hydrogens is 282 g/mol. The molecule has 0 aromatic rings. The van der Waals surface area contributed by atoms with Gasteiger partial charge in [0.1, 0.15) is 6.10 Å². The minimum Gasteiger partial charge on any atom is -0.364 e. The van der Waals surface area contributed by atoms with E-state index in [2.05, 4.69) is 0 Å². The first-order chi connectivity index (χ1) is 10.6. The third-order valence-electron chi connectivity index (χ3n) is 4.88. The van der Waals surface area contributed by atoms with Gasteiger partial charge in [-0.25, -0.2) is 0 Å². The summed E-state index contributed by atoms with van der Waals surface area (Å²) in [6.45, 7) is 7.31. The summed E-state index contributed by atoms with van der Waals surface area (Å²) >= 11 is 0. The molecule has 2 saturated heterocycles. The van der Waals surface area contributed by atoms with E-state index in [0.717, 1.165) is 38.8 Å². The number of nitrogens with zero attached hydrogens (tertiary/aromatic N) is 2. The highest BCUT2D eigenvalue weighted by Gasteiger charge is 2.35. The number of nitrogens with two attached hydrogens (primary N) is 1. The van der Waals surface area contributed by atoms with Crippen LogP contribution in [0.15, 0.2) is 0 Å². The lowest BCUT2D eigenvalue weighted by molar-refractivity contribution is -0.147. The third-order valence-corrected chi connectivity index (χ3v) is 4.88. The van der Waals surface area contributed by atoms with Gasteiger partial charge in [0.15, 0.2) is 0 Å². The molecule has 126 valence electrons. The van der Waals surface area contributed by atoms with Crippen LogP contribution in [-0.4, -0.2) is 66.5 Å². The monoisotopic (exact) mass is 311 g/mol. The van der Waals surface area contributed by atoms with E-state index in [9.17, 15) is 9.59 Å². The van der Waals surface area contributed by atoms with Crippen LogP contribution in [0, 0.1) is 5.92 Å². The largest absolute Gasteiger partial charge is 0.364 e. The van der Waals surface area contributed by atoms with Crippen LogP contribution in [-0.2, 0) is 14.3 Å². The fraction of sp³-hybridized carbons (Fsp3) is 0.875. The zero-order valence-electron chi connectivity index (χ0n) is 13.8. The average molecular weight is 311 g/mol. The Morgan fingerprint density at radius 3 is 2.27 bits per heavy atom. The molecule has 2 aliphatic rings. The first-order valence-electron chi connectivity index (χ1n) is 8.53. The van der Waals surface area contributed by atoms with E-state index in [-0.39, 0.29) is 29.9 Å². The van der Waals surface area contributed by atoms with Crippen molar-refractivity contribution in [2.24, 2.45) is 11.7 Å². The van der Waals surface area contributed by atoms with Crippen molar-refractivity contribution in [3.05, 3.63) is 0 Å². The Balaban J connectivity index is 1.82. The maximum absolute atomic E-state index is 12.4. The molecule has 22 heavy (non-hydrogen) atoms. The Morgan fingerprint density at radius 2 is 1.77 bits per heavy atom. The van der Waals surface area contributed by atoms with Crippen molar-refractivity contribution in [3.63, 3.8) is 0 Å². The molecule has 0 bridgehead atoms. The van der Waals surface area contributed by atoms with Crippen molar-refractivity contribution in [1.29, 1.82) is 0 Å². The number of hydrogen-bond acceptors (Lipinski definition) is 4. The fourth-order valence-electron chi connectivity index (χ4n) is 3.40. The van der Waals surface area contributed by atoms with Gasteiger partial charge in [0, 0.05) is 38.6 Å². The van der Waals surface area contributed by atoms with E-state index in [1.165, 1.54) is 0 Å². The van der Waals surface area contributed by atoms with Gasteiger partial charge in [0.25, 0.3) is 5.91 Å². The van der Waals surface area contributed by atoms with Crippen LogP contribution in [0.2, 0.25) is 0 Å². The molecular formula is C16H29N3O3. The SMILES string of the molecule is CCN(CC)C(=O)C1CCN(C(=O)[C@@H]2CC[C@H](CN)O2)CC1. The number of carbonyl (C=O) groups is 2. The molecule has 0 radical (unpaired) electrons. The number of likely N-dealkylation sites (tertiary alicyclic amines) is 1. The predicted molar refractivity (Wildman–Crippen MR) is 84.2 cm³/mol. The number of rotatable bonds is 5. The van der Waals surface area contributed by atoms with Gasteiger partial charge < -0.3 is 20.3 Å². The highest BCUT2D eigenvalue weighted by molar-refractivity contribution is 5.82.